The molecule has 0 saturated carbocycles. The smallest absolute Gasteiger partial charge is 0.113 e. The van der Waals surface area contributed by atoms with Crippen molar-refractivity contribution in [1.82, 2.24) is 5.32 Å². The van der Waals surface area contributed by atoms with E-state index in [0.717, 1.165) is 13.2 Å². The van der Waals surface area contributed by atoms with Crippen LogP contribution in [0.3, 0.4) is 0 Å². The van der Waals surface area contributed by atoms with Crippen molar-refractivity contribution in [2.24, 2.45) is 0 Å². The Morgan fingerprint density at radius 1 is 1.78 bits per heavy atom. The van der Waals surface area contributed by atoms with Gasteiger partial charge in [0.2, 0.25) is 0 Å². The molecule has 1 fully saturated rings. The Morgan fingerprint density at radius 3 is 3.22 bits per heavy atom. The topological polar surface area (TPSA) is 32.6 Å². The summed E-state index contributed by atoms with van der Waals surface area (Å²) in [5.74, 6) is 0. The minimum Gasteiger partial charge on any atom is -0.379 e. The van der Waals surface area contributed by atoms with E-state index >= 15 is 0 Å². The molecule has 1 heterocycles. The monoisotopic (exact) mass is 130 g/mol. The third-order valence-corrected chi connectivity index (χ3v) is 1.24. The van der Waals surface area contributed by atoms with Gasteiger partial charge in [0.15, 0.2) is 0 Å². The molecule has 0 aliphatic carbocycles. The lowest BCUT2D eigenvalue weighted by Gasteiger charge is -2.05. The van der Waals surface area contributed by atoms with Gasteiger partial charge in [0.1, 0.15) is 6.73 Å². The van der Waals surface area contributed by atoms with E-state index in [1.165, 1.54) is 0 Å². The van der Waals surface area contributed by atoms with Crippen LogP contribution in [-0.4, -0.2) is 32.6 Å². The summed E-state index contributed by atoms with van der Waals surface area (Å²) in [6.07, 6.45) is 0.227. The first-order valence-electron chi connectivity index (χ1n) is 3.26. The Hall–Kier alpha value is -0.120. The fourth-order valence-electron chi connectivity index (χ4n) is 0.758. The van der Waals surface area contributed by atoms with Crippen LogP contribution in [-0.2, 0) is 9.47 Å². The number of nitrogens with zero attached hydrogens (tertiary/aromatic N) is 1. The second kappa shape index (κ2) is 3.82. The van der Waals surface area contributed by atoms with Crippen molar-refractivity contribution in [3.8, 4) is 0 Å². The van der Waals surface area contributed by atoms with Crippen LogP contribution >= 0.6 is 0 Å². The first-order chi connectivity index (χ1) is 4.43. The minimum absolute atomic E-state index is 0.227. The van der Waals surface area contributed by atoms with Crippen LogP contribution in [0.15, 0.2) is 0 Å². The van der Waals surface area contributed by atoms with Crippen LogP contribution in [0, 0.1) is 0 Å². The molecule has 1 saturated heterocycles. The van der Waals surface area contributed by atoms with E-state index < -0.39 is 0 Å². The van der Waals surface area contributed by atoms with Gasteiger partial charge >= 0.3 is 0 Å². The molecule has 0 amide bonds. The molecule has 3 heteroatoms. The third kappa shape index (κ3) is 2.30. The van der Waals surface area contributed by atoms with Crippen molar-refractivity contribution < 1.29 is 9.47 Å². The highest BCUT2D eigenvalue weighted by Gasteiger charge is 2.14. The van der Waals surface area contributed by atoms with Gasteiger partial charge < -0.3 is 9.47 Å². The van der Waals surface area contributed by atoms with Crippen LogP contribution in [0.25, 0.3) is 0 Å². The van der Waals surface area contributed by atoms with E-state index in [1.807, 2.05) is 6.92 Å². The van der Waals surface area contributed by atoms with E-state index in [9.17, 15) is 0 Å². The average Bonchev–Trinajstić information content (AvgIpc) is 2.34. The largest absolute Gasteiger partial charge is 0.379 e. The maximum atomic E-state index is 5.16. The van der Waals surface area contributed by atoms with Crippen molar-refractivity contribution in [3.63, 3.8) is 0 Å². The van der Waals surface area contributed by atoms with E-state index in [2.05, 4.69) is 5.32 Å². The zero-order chi connectivity index (χ0) is 6.53. The molecule has 0 bridgehead atoms. The predicted molar refractivity (Wildman–Crippen MR) is 33.2 cm³/mol. The Labute approximate surface area is 55.3 Å². The highest BCUT2D eigenvalue weighted by Crippen LogP contribution is 1.98. The lowest BCUT2D eigenvalue weighted by molar-refractivity contribution is 0.0254. The van der Waals surface area contributed by atoms with E-state index in [1.54, 1.807) is 0 Å². The fraction of sp³-hybridized carbons (Fsp3) is 1.00. The molecule has 0 aromatic heterocycles. The molecule has 1 radical (unpaired) electrons. The maximum absolute atomic E-state index is 5.16. The van der Waals surface area contributed by atoms with E-state index in [4.69, 9.17) is 9.47 Å². The fourth-order valence-corrected chi connectivity index (χ4v) is 0.758. The van der Waals surface area contributed by atoms with E-state index in [-0.39, 0.29) is 6.10 Å². The van der Waals surface area contributed by atoms with Gasteiger partial charge in [-0.05, 0) is 6.92 Å². The summed E-state index contributed by atoms with van der Waals surface area (Å²) in [5.41, 5.74) is 0. The molecule has 1 aliphatic rings. The van der Waals surface area contributed by atoms with Crippen molar-refractivity contribution in [2.75, 3.05) is 26.5 Å². The second-order valence-corrected chi connectivity index (χ2v) is 1.98. The minimum atomic E-state index is 0.227. The summed E-state index contributed by atoms with van der Waals surface area (Å²) >= 11 is 0. The quantitative estimate of drug-likeness (QED) is 0.538. The van der Waals surface area contributed by atoms with Crippen LogP contribution in [0.4, 0.5) is 0 Å². The Morgan fingerprint density at radius 2 is 2.67 bits per heavy atom. The van der Waals surface area contributed by atoms with Gasteiger partial charge in [-0.2, -0.15) is 0 Å². The number of rotatable bonds is 3. The molecule has 53 valence electrons. The maximum Gasteiger partial charge on any atom is 0.113 e. The molecular weight excluding hydrogens is 118 g/mol. The van der Waals surface area contributed by atoms with Crippen molar-refractivity contribution in [3.05, 3.63) is 0 Å². The molecule has 0 aromatic carbocycles. The average molecular weight is 130 g/mol. The van der Waals surface area contributed by atoms with Gasteiger partial charge in [-0.25, -0.2) is 5.32 Å². The lowest BCUT2D eigenvalue weighted by Crippen LogP contribution is -2.18. The molecule has 1 aliphatic heterocycles. The molecular formula is C6H12NO2. The van der Waals surface area contributed by atoms with Gasteiger partial charge in [-0.1, -0.05) is 0 Å². The highest BCUT2D eigenvalue weighted by molar-refractivity contribution is 4.63. The number of hydrogen-bond acceptors (Lipinski definition) is 2. The lowest BCUT2D eigenvalue weighted by atomic mass is 10.4. The van der Waals surface area contributed by atoms with Crippen LogP contribution in [0.5, 0.6) is 0 Å². The number of hydrogen-bond donors (Lipinski definition) is 0. The van der Waals surface area contributed by atoms with Gasteiger partial charge in [0.05, 0.1) is 12.7 Å². The second-order valence-electron chi connectivity index (χ2n) is 1.98. The summed E-state index contributed by atoms with van der Waals surface area (Å²) in [6, 6.07) is 0. The zero-order valence-corrected chi connectivity index (χ0v) is 5.67. The molecule has 1 unspecified atom stereocenters. The summed E-state index contributed by atoms with van der Waals surface area (Å²) in [7, 11) is 0. The van der Waals surface area contributed by atoms with Gasteiger partial charge in [-0.3, -0.25) is 0 Å². The van der Waals surface area contributed by atoms with E-state index in [0.29, 0.717) is 13.3 Å². The van der Waals surface area contributed by atoms with Crippen molar-refractivity contribution in [1.29, 1.82) is 0 Å². The van der Waals surface area contributed by atoms with Crippen molar-refractivity contribution in [2.45, 2.75) is 13.0 Å². The third-order valence-electron chi connectivity index (χ3n) is 1.24. The molecule has 0 aromatic rings. The predicted octanol–water partition coefficient (Wildman–Crippen LogP) is -0.0164. The summed E-state index contributed by atoms with van der Waals surface area (Å²) in [4.78, 5) is 0. The number of ether oxygens (including phenoxy) is 2. The van der Waals surface area contributed by atoms with Crippen LogP contribution in [0.1, 0.15) is 6.92 Å². The SMILES string of the molecule is CCOCC1C[N]CO1. The van der Waals surface area contributed by atoms with Crippen LogP contribution < -0.4 is 5.32 Å². The molecule has 0 N–H and O–H groups in total. The van der Waals surface area contributed by atoms with Gasteiger partial charge in [0, 0.05) is 13.2 Å². The molecule has 3 nitrogen and oxygen atoms in total. The first kappa shape index (κ1) is 6.99. The van der Waals surface area contributed by atoms with Gasteiger partial charge in [0.25, 0.3) is 0 Å². The Kier molecular flexibility index (Phi) is 2.97. The summed E-state index contributed by atoms with van der Waals surface area (Å²) < 4.78 is 10.3. The summed E-state index contributed by atoms with van der Waals surface area (Å²) in [6.45, 7) is 4.80. The molecule has 9 heavy (non-hydrogen) atoms. The van der Waals surface area contributed by atoms with Crippen LogP contribution in [0.2, 0.25) is 0 Å². The van der Waals surface area contributed by atoms with Crippen molar-refractivity contribution >= 4 is 0 Å². The molecule has 0 spiro atoms. The zero-order valence-electron chi connectivity index (χ0n) is 5.67. The normalized spacial score (nSPS) is 27.0. The molecule has 1 atom stereocenters. The highest BCUT2D eigenvalue weighted by atomic mass is 16.5. The van der Waals surface area contributed by atoms with Gasteiger partial charge in [-0.15, -0.1) is 0 Å². The summed E-state index contributed by atoms with van der Waals surface area (Å²) in [5, 5.41) is 4.02. The first-order valence-corrected chi connectivity index (χ1v) is 3.26. The molecule has 1 rings (SSSR count). The Balaban J connectivity index is 1.98. The standard InChI is InChI=1S/C6H12NO2/c1-2-8-4-6-3-7-5-9-6/h6H,2-5H2,1H3. The Bertz CT molecular complexity index is 71.5.